The molecule has 0 aromatic carbocycles. The molecule has 2 atom stereocenters. The maximum atomic E-state index is 13.0. The molecule has 0 bridgehead atoms. The third-order valence-electron chi connectivity index (χ3n) is 6.13. The molecule has 0 radical (unpaired) electrons. The Balaban J connectivity index is 1.93. The topological polar surface area (TPSA) is 88.6 Å². The third kappa shape index (κ3) is 6.30. The van der Waals surface area contributed by atoms with Crippen LogP contribution in [-0.2, 0) is 4.74 Å². The van der Waals surface area contributed by atoms with Gasteiger partial charge in [-0.25, -0.2) is 14.8 Å². The first-order valence-corrected chi connectivity index (χ1v) is 11.8. The standard InChI is InChI=1S/C26H39N5O3/c1-17-13-26(5,6)21(16-31(15-17)24(32)34-25(2,3)4)30-20-11-19(14-29-23(20)33-8)18-9-10-28-22(12-18)27-7/h9-12,14,17,21,30H,13,15-16H2,1-8H3,(H,27,28). The number of carbonyl (C=O) groups excluding carboxylic acids is 1. The van der Waals surface area contributed by atoms with Crippen LogP contribution in [0.4, 0.5) is 16.3 Å². The lowest BCUT2D eigenvalue weighted by Gasteiger charge is -2.36. The van der Waals surface area contributed by atoms with E-state index in [1.54, 1.807) is 19.5 Å². The first-order chi connectivity index (χ1) is 15.9. The predicted molar refractivity (Wildman–Crippen MR) is 136 cm³/mol. The molecule has 0 aliphatic carbocycles. The number of amides is 1. The molecule has 1 saturated heterocycles. The smallest absolute Gasteiger partial charge is 0.410 e. The van der Waals surface area contributed by atoms with Crippen LogP contribution in [0, 0.1) is 11.3 Å². The van der Waals surface area contributed by atoms with Crippen LogP contribution in [-0.4, -0.2) is 59.9 Å². The highest BCUT2D eigenvalue weighted by molar-refractivity contribution is 5.72. The zero-order valence-corrected chi connectivity index (χ0v) is 21.7. The number of nitrogens with one attached hydrogen (secondary N) is 2. The number of carbonyl (C=O) groups is 1. The number of methoxy groups -OCH3 is 1. The van der Waals surface area contributed by atoms with Gasteiger partial charge in [0.2, 0.25) is 5.88 Å². The maximum absolute atomic E-state index is 13.0. The average Bonchev–Trinajstić information content (AvgIpc) is 2.87. The van der Waals surface area contributed by atoms with E-state index in [-0.39, 0.29) is 17.6 Å². The van der Waals surface area contributed by atoms with Crippen molar-refractivity contribution < 1.29 is 14.3 Å². The minimum Gasteiger partial charge on any atom is -0.480 e. The van der Waals surface area contributed by atoms with E-state index in [4.69, 9.17) is 9.47 Å². The van der Waals surface area contributed by atoms with Crippen molar-refractivity contribution >= 4 is 17.6 Å². The Bertz CT molecular complexity index is 1000. The Labute approximate surface area is 203 Å². The fraction of sp³-hybridized carbons (Fsp3) is 0.577. The van der Waals surface area contributed by atoms with Gasteiger partial charge in [0, 0.05) is 44.1 Å². The Morgan fingerprint density at radius 1 is 1.18 bits per heavy atom. The van der Waals surface area contributed by atoms with Crippen molar-refractivity contribution in [2.45, 2.75) is 59.6 Å². The molecule has 8 heteroatoms. The highest BCUT2D eigenvalue weighted by atomic mass is 16.6. The van der Waals surface area contributed by atoms with Gasteiger partial charge in [0.25, 0.3) is 0 Å². The van der Waals surface area contributed by atoms with E-state index in [0.29, 0.717) is 24.9 Å². The average molecular weight is 470 g/mol. The van der Waals surface area contributed by atoms with Crippen molar-refractivity contribution in [3.63, 3.8) is 0 Å². The maximum Gasteiger partial charge on any atom is 0.410 e. The molecule has 2 aromatic heterocycles. The number of likely N-dealkylation sites (tertiary alicyclic amines) is 1. The molecule has 2 unspecified atom stereocenters. The van der Waals surface area contributed by atoms with Crippen LogP contribution in [0.3, 0.4) is 0 Å². The number of anilines is 2. The summed E-state index contributed by atoms with van der Waals surface area (Å²) in [6.45, 7) is 13.5. The van der Waals surface area contributed by atoms with Crippen molar-refractivity contribution in [2.24, 2.45) is 11.3 Å². The molecule has 8 nitrogen and oxygen atoms in total. The monoisotopic (exact) mass is 469 g/mol. The second kappa shape index (κ2) is 10.1. The molecule has 0 saturated carbocycles. The zero-order chi connectivity index (χ0) is 25.1. The molecule has 1 fully saturated rings. The van der Waals surface area contributed by atoms with E-state index in [1.807, 2.05) is 50.9 Å². The number of hydrogen-bond donors (Lipinski definition) is 2. The summed E-state index contributed by atoms with van der Waals surface area (Å²) in [7, 11) is 3.46. The summed E-state index contributed by atoms with van der Waals surface area (Å²) in [4.78, 5) is 23.6. The zero-order valence-electron chi connectivity index (χ0n) is 21.7. The molecule has 1 amide bonds. The summed E-state index contributed by atoms with van der Waals surface area (Å²) in [6.07, 6.45) is 4.26. The fourth-order valence-corrected chi connectivity index (χ4v) is 4.55. The molecular weight excluding hydrogens is 430 g/mol. The van der Waals surface area contributed by atoms with Crippen molar-refractivity contribution in [2.75, 3.05) is 37.9 Å². The second-order valence-corrected chi connectivity index (χ2v) is 10.8. The van der Waals surface area contributed by atoms with Crippen LogP contribution >= 0.6 is 0 Å². The number of nitrogens with zero attached hydrogens (tertiary/aromatic N) is 3. The van der Waals surface area contributed by atoms with Gasteiger partial charge in [-0.05, 0) is 62.3 Å². The Hall–Kier alpha value is -3.03. The van der Waals surface area contributed by atoms with Gasteiger partial charge in [-0.2, -0.15) is 0 Å². The van der Waals surface area contributed by atoms with Crippen molar-refractivity contribution in [3.05, 3.63) is 30.6 Å². The lowest BCUT2D eigenvalue weighted by atomic mass is 9.78. The lowest BCUT2D eigenvalue weighted by Crippen LogP contribution is -2.46. The minimum absolute atomic E-state index is 0.0266. The number of ether oxygens (including phenoxy) is 2. The van der Waals surface area contributed by atoms with E-state index in [9.17, 15) is 4.79 Å². The van der Waals surface area contributed by atoms with Gasteiger partial charge in [-0.15, -0.1) is 0 Å². The minimum atomic E-state index is -0.538. The van der Waals surface area contributed by atoms with Gasteiger partial charge in [0.1, 0.15) is 11.4 Å². The lowest BCUT2D eigenvalue weighted by molar-refractivity contribution is 0.0230. The molecule has 2 N–H and O–H groups in total. The van der Waals surface area contributed by atoms with Gasteiger partial charge in [0.15, 0.2) is 0 Å². The molecule has 3 heterocycles. The number of aromatic nitrogens is 2. The molecule has 0 spiro atoms. The normalized spacial score (nSPS) is 20.3. The van der Waals surface area contributed by atoms with Crippen LogP contribution in [0.1, 0.15) is 48.0 Å². The van der Waals surface area contributed by atoms with Crippen LogP contribution in [0.2, 0.25) is 0 Å². The van der Waals surface area contributed by atoms with Crippen LogP contribution in [0.5, 0.6) is 5.88 Å². The summed E-state index contributed by atoms with van der Waals surface area (Å²) in [5, 5.41) is 6.74. The van der Waals surface area contributed by atoms with Gasteiger partial charge in [0.05, 0.1) is 12.8 Å². The van der Waals surface area contributed by atoms with E-state index < -0.39 is 5.60 Å². The van der Waals surface area contributed by atoms with Gasteiger partial charge in [-0.1, -0.05) is 20.8 Å². The SMILES string of the molecule is CNc1cc(-c2cnc(OC)c(NC3CN(C(=O)OC(C)(C)C)CC(C)CC3(C)C)c2)ccn1. The quantitative estimate of drug-likeness (QED) is 0.616. The van der Waals surface area contributed by atoms with Crippen molar-refractivity contribution in [1.82, 2.24) is 14.9 Å². The largest absolute Gasteiger partial charge is 0.480 e. The highest BCUT2D eigenvalue weighted by Crippen LogP contribution is 2.38. The van der Waals surface area contributed by atoms with Crippen LogP contribution in [0.25, 0.3) is 11.1 Å². The van der Waals surface area contributed by atoms with Gasteiger partial charge >= 0.3 is 6.09 Å². The Kier molecular flexibility index (Phi) is 7.58. The predicted octanol–water partition coefficient (Wildman–Crippen LogP) is 5.28. The summed E-state index contributed by atoms with van der Waals surface area (Å²) >= 11 is 0. The highest BCUT2D eigenvalue weighted by Gasteiger charge is 2.39. The van der Waals surface area contributed by atoms with E-state index in [2.05, 4.69) is 41.4 Å². The molecule has 1 aliphatic rings. The molecule has 34 heavy (non-hydrogen) atoms. The van der Waals surface area contributed by atoms with E-state index >= 15 is 0 Å². The van der Waals surface area contributed by atoms with Gasteiger partial charge in [-0.3, -0.25) is 0 Å². The summed E-state index contributed by atoms with van der Waals surface area (Å²) < 4.78 is 11.3. The van der Waals surface area contributed by atoms with Gasteiger partial charge < -0.3 is 25.0 Å². The molecule has 2 aromatic rings. The summed E-state index contributed by atoms with van der Waals surface area (Å²) in [6, 6.07) is 5.95. The van der Waals surface area contributed by atoms with Crippen molar-refractivity contribution in [3.8, 4) is 17.0 Å². The van der Waals surface area contributed by atoms with E-state index in [1.165, 1.54) is 0 Å². The van der Waals surface area contributed by atoms with E-state index in [0.717, 1.165) is 29.1 Å². The Morgan fingerprint density at radius 2 is 1.91 bits per heavy atom. The first-order valence-electron chi connectivity index (χ1n) is 11.8. The van der Waals surface area contributed by atoms with Crippen LogP contribution in [0.15, 0.2) is 30.6 Å². The molecule has 3 rings (SSSR count). The molecular formula is C26H39N5O3. The fourth-order valence-electron chi connectivity index (χ4n) is 4.55. The molecule has 186 valence electrons. The molecule has 1 aliphatic heterocycles. The second-order valence-electron chi connectivity index (χ2n) is 10.8. The number of pyridine rings is 2. The summed E-state index contributed by atoms with van der Waals surface area (Å²) in [5.41, 5.74) is 2.13. The number of rotatable bonds is 5. The number of hydrogen-bond acceptors (Lipinski definition) is 7. The summed E-state index contributed by atoms with van der Waals surface area (Å²) in [5.74, 6) is 1.65. The first kappa shape index (κ1) is 25.6. The van der Waals surface area contributed by atoms with Crippen LogP contribution < -0.4 is 15.4 Å². The Morgan fingerprint density at radius 3 is 2.56 bits per heavy atom. The van der Waals surface area contributed by atoms with Crippen molar-refractivity contribution in [1.29, 1.82) is 0 Å². The third-order valence-corrected chi connectivity index (χ3v) is 6.13.